The molecule has 136 valence electrons. The molecule has 1 atom stereocenters. The summed E-state index contributed by atoms with van der Waals surface area (Å²) in [6.45, 7) is 3.81. The van der Waals surface area contributed by atoms with Gasteiger partial charge in [0.25, 0.3) is 0 Å². The van der Waals surface area contributed by atoms with Gasteiger partial charge in [0.1, 0.15) is 11.9 Å². The molecule has 0 amide bonds. The van der Waals surface area contributed by atoms with E-state index in [0.29, 0.717) is 40.0 Å². The minimum absolute atomic E-state index is 0.242. The Morgan fingerprint density at radius 2 is 2.15 bits per heavy atom. The van der Waals surface area contributed by atoms with E-state index in [1.54, 1.807) is 17.6 Å². The van der Waals surface area contributed by atoms with E-state index < -0.39 is 6.10 Å². The van der Waals surface area contributed by atoms with E-state index in [4.69, 9.17) is 4.74 Å². The maximum absolute atomic E-state index is 13.3. The molecule has 0 spiro atoms. The van der Waals surface area contributed by atoms with E-state index in [2.05, 4.69) is 9.97 Å². The third kappa shape index (κ3) is 3.67. The molecule has 0 unspecified atom stereocenters. The summed E-state index contributed by atoms with van der Waals surface area (Å²) in [5.41, 5.74) is 1.58. The number of thiazole rings is 1. The number of carbonyl (C=O) groups excluding carboxylic acids is 2. The summed E-state index contributed by atoms with van der Waals surface area (Å²) in [7, 11) is 0. The van der Waals surface area contributed by atoms with Crippen molar-refractivity contribution < 1.29 is 18.7 Å². The Morgan fingerprint density at radius 1 is 1.35 bits per heavy atom. The lowest BCUT2D eigenvalue weighted by Crippen LogP contribution is -2.11. The zero-order valence-electron chi connectivity index (χ0n) is 14.5. The Kier molecular flexibility index (Phi) is 5.46. The minimum Gasteiger partial charge on any atom is -0.456 e. The van der Waals surface area contributed by atoms with Gasteiger partial charge in [-0.05, 0) is 31.0 Å². The van der Waals surface area contributed by atoms with E-state index in [-0.39, 0.29) is 17.6 Å². The van der Waals surface area contributed by atoms with Crippen LogP contribution in [0.15, 0.2) is 29.8 Å². The number of ether oxygens (including phenoxy) is 1. The number of benzene rings is 1. The van der Waals surface area contributed by atoms with Crippen LogP contribution in [0.2, 0.25) is 0 Å². The first kappa shape index (κ1) is 18.3. The number of ketones is 1. The van der Waals surface area contributed by atoms with Crippen LogP contribution in [0.5, 0.6) is 0 Å². The molecular formula is C19H19FN2O3S. The van der Waals surface area contributed by atoms with Gasteiger partial charge in [0.2, 0.25) is 5.78 Å². The van der Waals surface area contributed by atoms with Crippen molar-refractivity contribution in [1.29, 1.82) is 0 Å². The number of rotatable bonds is 7. The number of nitrogens with one attached hydrogen (secondary N) is 1. The highest BCUT2D eigenvalue weighted by Crippen LogP contribution is 2.27. The van der Waals surface area contributed by atoms with Gasteiger partial charge in [0.05, 0.1) is 11.3 Å². The lowest BCUT2D eigenvalue weighted by molar-refractivity contribution is -0.149. The molecule has 1 N–H and O–H groups in total. The molecule has 0 aliphatic rings. The van der Waals surface area contributed by atoms with Crippen molar-refractivity contribution in [2.75, 3.05) is 0 Å². The van der Waals surface area contributed by atoms with Gasteiger partial charge in [0, 0.05) is 28.9 Å². The first-order valence-electron chi connectivity index (χ1n) is 8.49. The van der Waals surface area contributed by atoms with E-state index in [9.17, 15) is 14.0 Å². The van der Waals surface area contributed by atoms with Crippen LogP contribution >= 0.6 is 11.3 Å². The smallest absolute Gasteiger partial charge is 0.306 e. The summed E-state index contributed by atoms with van der Waals surface area (Å²) in [6, 6.07) is 4.24. The van der Waals surface area contributed by atoms with E-state index in [1.807, 2.05) is 13.8 Å². The molecule has 2 aromatic heterocycles. The van der Waals surface area contributed by atoms with Gasteiger partial charge in [-0.2, -0.15) is 0 Å². The standard InChI is InChI=1S/C19H19FN2O3S/c1-3-5-17(23)25-16(4-2)15-10-26-19(22-15)18(24)13-9-21-14-8-11(20)6-7-12(13)14/h6-10,16,21H,3-5H2,1-2H3/t16-/m0/s1. The molecule has 2 heterocycles. The number of halogens is 1. The monoisotopic (exact) mass is 374 g/mol. The van der Waals surface area contributed by atoms with Gasteiger partial charge in [-0.25, -0.2) is 9.37 Å². The van der Waals surface area contributed by atoms with Gasteiger partial charge < -0.3 is 9.72 Å². The van der Waals surface area contributed by atoms with Crippen LogP contribution in [0, 0.1) is 5.82 Å². The fourth-order valence-corrected chi connectivity index (χ4v) is 3.53. The average Bonchev–Trinajstić information content (AvgIpc) is 3.26. The highest BCUT2D eigenvalue weighted by atomic mass is 32.1. The molecule has 3 aromatic rings. The number of aromatic nitrogens is 2. The van der Waals surface area contributed by atoms with Crippen LogP contribution in [0.4, 0.5) is 4.39 Å². The van der Waals surface area contributed by atoms with Crippen molar-refractivity contribution in [3.05, 3.63) is 51.9 Å². The maximum atomic E-state index is 13.3. The van der Waals surface area contributed by atoms with Crippen molar-refractivity contribution in [3.8, 4) is 0 Å². The maximum Gasteiger partial charge on any atom is 0.306 e. The normalized spacial score (nSPS) is 12.3. The number of aromatic amines is 1. The predicted molar refractivity (Wildman–Crippen MR) is 97.8 cm³/mol. The number of fused-ring (bicyclic) bond motifs is 1. The Bertz CT molecular complexity index is 947. The molecule has 26 heavy (non-hydrogen) atoms. The first-order valence-corrected chi connectivity index (χ1v) is 9.37. The number of hydrogen-bond acceptors (Lipinski definition) is 5. The van der Waals surface area contributed by atoms with Crippen LogP contribution in [0.25, 0.3) is 10.9 Å². The molecule has 0 bridgehead atoms. The SMILES string of the molecule is CCCC(=O)O[C@@H](CC)c1csc(C(=O)c2c[nH]c3cc(F)ccc23)n1. The van der Waals surface area contributed by atoms with Crippen LogP contribution in [-0.2, 0) is 9.53 Å². The summed E-state index contributed by atoms with van der Waals surface area (Å²) in [4.78, 5) is 31.8. The lowest BCUT2D eigenvalue weighted by Gasteiger charge is -2.13. The second-order valence-corrected chi connectivity index (χ2v) is 6.79. The Morgan fingerprint density at radius 3 is 2.88 bits per heavy atom. The van der Waals surface area contributed by atoms with Crippen molar-refractivity contribution in [2.24, 2.45) is 0 Å². The molecule has 5 nitrogen and oxygen atoms in total. The molecule has 0 fully saturated rings. The van der Waals surface area contributed by atoms with E-state index in [0.717, 1.165) is 6.42 Å². The number of esters is 1. The number of carbonyl (C=O) groups is 2. The molecule has 1 aromatic carbocycles. The number of hydrogen-bond donors (Lipinski definition) is 1. The summed E-state index contributed by atoms with van der Waals surface area (Å²) >= 11 is 1.21. The minimum atomic E-state index is -0.455. The predicted octanol–water partition coefficient (Wildman–Crippen LogP) is 4.79. The highest BCUT2D eigenvalue weighted by molar-refractivity contribution is 7.12. The second-order valence-electron chi connectivity index (χ2n) is 5.94. The molecule has 0 radical (unpaired) electrons. The molecule has 0 aliphatic carbocycles. The number of nitrogens with zero attached hydrogens (tertiary/aromatic N) is 1. The second kappa shape index (κ2) is 7.78. The van der Waals surface area contributed by atoms with Gasteiger partial charge in [-0.3, -0.25) is 9.59 Å². The van der Waals surface area contributed by atoms with Gasteiger partial charge in [-0.15, -0.1) is 11.3 Å². The quantitative estimate of drug-likeness (QED) is 0.477. The highest BCUT2D eigenvalue weighted by Gasteiger charge is 2.22. The van der Waals surface area contributed by atoms with Crippen LogP contribution in [0.3, 0.4) is 0 Å². The lowest BCUT2D eigenvalue weighted by atomic mass is 10.1. The third-order valence-electron chi connectivity index (χ3n) is 4.03. The summed E-state index contributed by atoms with van der Waals surface area (Å²) in [5, 5.41) is 2.71. The molecule has 7 heteroatoms. The topological polar surface area (TPSA) is 72.1 Å². The fraction of sp³-hybridized carbons (Fsp3) is 0.316. The third-order valence-corrected chi connectivity index (χ3v) is 4.89. The molecule has 0 saturated carbocycles. The zero-order valence-corrected chi connectivity index (χ0v) is 15.4. The molecular weight excluding hydrogens is 355 g/mol. The first-order chi connectivity index (χ1) is 12.5. The largest absolute Gasteiger partial charge is 0.456 e. The van der Waals surface area contributed by atoms with Gasteiger partial charge >= 0.3 is 5.97 Å². The van der Waals surface area contributed by atoms with E-state index >= 15 is 0 Å². The van der Waals surface area contributed by atoms with Crippen molar-refractivity contribution in [1.82, 2.24) is 9.97 Å². The van der Waals surface area contributed by atoms with Crippen LogP contribution < -0.4 is 0 Å². The van der Waals surface area contributed by atoms with E-state index in [1.165, 1.54) is 23.5 Å². The van der Waals surface area contributed by atoms with Crippen LogP contribution in [0.1, 0.15) is 60.3 Å². The molecule has 0 aliphatic heterocycles. The zero-order chi connectivity index (χ0) is 18.7. The Labute approximate surface area is 154 Å². The molecule has 0 saturated heterocycles. The number of H-pyrrole nitrogens is 1. The van der Waals surface area contributed by atoms with Gasteiger partial charge in [0.15, 0.2) is 5.01 Å². The Balaban J connectivity index is 1.83. The molecule has 3 rings (SSSR count). The average molecular weight is 374 g/mol. The van der Waals surface area contributed by atoms with Crippen molar-refractivity contribution in [3.63, 3.8) is 0 Å². The van der Waals surface area contributed by atoms with Crippen molar-refractivity contribution in [2.45, 2.75) is 39.2 Å². The summed E-state index contributed by atoms with van der Waals surface area (Å²) in [6.07, 6.45) is 2.77. The fourth-order valence-electron chi connectivity index (χ4n) is 2.71. The Hall–Kier alpha value is -2.54. The summed E-state index contributed by atoms with van der Waals surface area (Å²) in [5.74, 6) is -0.873. The van der Waals surface area contributed by atoms with Gasteiger partial charge in [-0.1, -0.05) is 13.8 Å². The summed E-state index contributed by atoms with van der Waals surface area (Å²) < 4.78 is 18.7. The van der Waals surface area contributed by atoms with Crippen molar-refractivity contribution >= 4 is 34.0 Å². The van der Waals surface area contributed by atoms with Crippen LogP contribution in [-0.4, -0.2) is 21.7 Å².